The minimum atomic E-state index is -1.00. The lowest BCUT2D eigenvalue weighted by atomic mass is 10.1. The normalized spacial score (nSPS) is 26.8. The van der Waals surface area contributed by atoms with Crippen molar-refractivity contribution in [2.75, 3.05) is 19.8 Å². The Morgan fingerprint density at radius 3 is 2.55 bits per heavy atom. The van der Waals surface area contributed by atoms with Crippen LogP contribution in [0.1, 0.15) is 51.9 Å². The van der Waals surface area contributed by atoms with E-state index in [1.165, 1.54) is 32.1 Å². The number of aliphatic hydroxyl groups excluding tert-OH is 3. The fourth-order valence-electron chi connectivity index (χ4n) is 2.72. The van der Waals surface area contributed by atoms with Crippen molar-refractivity contribution >= 4 is 0 Å². The predicted molar refractivity (Wildman–Crippen MR) is 85.7 cm³/mol. The van der Waals surface area contributed by atoms with Gasteiger partial charge in [-0.15, -0.1) is 0 Å². The summed E-state index contributed by atoms with van der Waals surface area (Å²) in [6, 6.07) is 0. The Labute approximate surface area is 133 Å². The van der Waals surface area contributed by atoms with Gasteiger partial charge in [0.1, 0.15) is 24.4 Å². The molecule has 0 bridgehead atoms. The Hall–Kier alpha value is -0.460. The van der Waals surface area contributed by atoms with E-state index in [4.69, 9.17) is 14.6 Å². The van der Waals surface area contributed by atoms with E-state index in [0.29, 0.717) is 6.61 Å². The quantitative estimate of drug-likeness (QED) is 0.378. The third-order valence-corrected chi connectivity index (χ3v) is 4.04. The van der Waals surface area contributed by atoms with Gasteiger partial charge in [-0.05, 0) is 26.2 Å². The molecule has 0 amide bonds. The first-order valence-electron chi connectivity index (χ1n) is 8.52. The highest BCUT2D eigenvalue weighted by molar-refractivity contribution is 4.89. The molecule has 1 aliphatic rings. The molecule has 1 heterocycles. The summed E-state index contributed by atoms with van der Waals surface area (Å²) in [6.45, 7) is 2.37. The molecule has 5 heteroatoms. The van der Waals surface area contributed by atoms with Crippen LogP contribution in [-0.2, 0) is 9.47 Å². The van der Waals surface area contributed by atoms with Gasteiger partial charge in [0.25, 0.3) is 0 Å². The van der Waals surface area contributed by atoms with Crippen LogP contribution in [-0.4, -0.2) is 59.6 Å². The first kappa shape index (κ1) is 19.6. The minimum absolute atomic E-state index is 0.151. The van der Waals surface area contributed by atoms with E-state index in [9.17, 15) is 10.2 Å². The molecule has 0 aromatic rings. The van der Waals surface area contributed by atoms with Crippen molar-refractivity contribution in [3.05, 3.63) is 12.2 Å². The van der Waals surface area contributed by atoms with Crippen LogP contribution in [0, 0.1) is 0 Å². The van der Waals surface area contributed by atoms with Crippen LogP contribution in [0.2, 0.25) is 0 Å². The molecule has 1 saturated heterocycles. The zero-order valence-corrected chi connectivity index (χ0v) is 13.7. The van der Waals surface area contributed by atoms with Gasteiger partial charge in [0.2, 0.25) is 0 Å². The molecule has 0 radical (unpaired) electrons. The van der Waals surface area contributed by atoms with Gasteiger partial charge in [-0.25, -0.2) is 0 Å². The fraction of sp³-hybridized carbons (Fsp3) is 0.882. The van der Waals surface area contributed by atoms with Gasteiger partial charge < -0.3 is 24.8 Å². The van der Waals surface area contributed by atoms with Crippen molar-refractivity contribution in [1.82, 2.24) is 0 Å². The van der Waals surface area contributed by atoms with Gasteiger partial charge in [0.15, 0.2) is 0 Å². The second-order valence-corrected chi connectivity index (χ2v) is 5.93. The Balaban J connectivity index is 2.03. The molecule has 1 aliphatic heterocycles. The smallest absolute Gasteiger partial charge is 0.114 e. The Morgan fingerprint density at radius 2 is 1.86 bits per heavy atom. The molecule has 3 N–H and O–H groups in total. The van der Waals surface area contributed by atoms with Gasteiger partial charge in [-0.3, -0.25) is 0 Å². The van der Waals surface area contributed by atoms with Crippen LogP contribution in [0.25, 0.3) is 0 Å². The maximum absolute atomic E-state index is 9.80. The summed E-state index contributed by atoms with van der Waals surface area (Å²) in [7, 11) is 0. The molecule has 22 heavy (non-hydrogen) atoms. The summed E-state index contributed by atoms with van der Waals surface area (Å²) >= 11 is 0. The average Bonchev–Trinajstić information content (AvgIpc) is 2.89. The molecule has 0 spiro atoms. The van der Waals surface area contributed by atoms with Gasteiger partial charge in [-0.2, -0.15) is 0 Å². The summed E-state index contributed by atoms with van der Waals surface area (Å²) in [6.07, 6.45) is 9.61. The van der Waals surface area contributed by atoms with Crippen molar-refractivity contribution in [3.63, 3.8) is 0 Å². The molecule has 130 valence electrons. The molecule has 0 aromatic carbocycles. The zero-order valence-electron chi connectivity index (χ0n) is 13.7. The number of hydrogen-bond acceptors (Lipinski definition) is 5. The molecule has 4 atom stereocenters. The molecule has 0 saturated carbocycles. The van der Waals surface area contributed by atoms with Crippen molar-refractivity contribution in [3.8, 4) is 0 Å². The lowest BCUT2D eigenvalue weighted by Crippen LogP contribution is -2.42. The van der Waals surface area contributed by atoms with Crippen molar-refractivity contribution < 1.29 is 24.8 Å². The molecule has 5 nitrogen and oxygen atoms in total. The highest BCUT2D eigenvalue weighted by Gasteiger charge is 2.40. The van der Waals surface area contributed by atoms with E-state index >= 15 is 0 Å². The van der Waals surface area contributed by atoms with Crippen molar-refractivity contribution in [2.45, 2.75) is 76.3 Å². The summed E-state index contributed by atoms with van der Waals surface area (Å²) in [5.41, 5.74) is 0. The molecular formula is C17H32O5. The number of aliphatic hydroxyl groups is 3. The lowest BCUT2D eigenvalue weighted by Gasteiger charge is -2.23. The first-order chi connectivity index (χ1) is 10.7. The Bertz CT molecular complexity index is 295. The Morgan fingerprint density at radius 1 is 1.18 bits per heavy atom. The number of rotatable bonds is 12. The number of ether oxygens (including phenoxy) is 2. The van der Waals surface area contributed by atoms with E-state index in [-0.39, 0.29) is 13.2 Å². The summed E-state index contributed by atoms with van der Waals surface area (Å²) in [4.78, 5) is 0. The molecule has 0 aromatic heterocycles. The summed E-state index contributed by atoms with van der Waals surface area (Å²) in [5, 5.41) is 28.4. The topological polar surface area (TPSA) is 79.2 Å². The maximum Gasteiger partial charge on any atom is 0.114 e. The van der Waals surface area contributed by atoms with Crippen LogP contribution in [0.4, 0.5) is 0 Å². The molecule has 0 unspecified atom stereocenters. The molecule has 0 aliphatic carbocycles. The molecule has 1 rings (SSSR count). The largest absolute Gasteiger partial charge is 0.394 e. The lowest BCUT2D eigenvalue weighted by molar-refractivity contribution is -0.0938. The third-order valence-electron chi connectivity index (χ3n) is 4.04. The predicted octanol–water partition coefficient (Wildman–Crippen LogP) is 1.79. The van der Waals surface area contributed by atoms with E-state index < -0.39 is 24.4 Å². The number of hydrogen-bond donors (Lipinski definition) is 3. The van der Waals surface area contributed by atoms with Crippen LogP contribution in [0.15, 0.2) is 12.2 Å². The summed E-state index contributed by atoms with van der Waals surface area (Å²) in [5.74, 6) is 0. The highest BCUT2D eigenvalue weighted by Crippen LogP contribution is 2.21. The van der Waals surface area contributed by atoms with Crippen LogP contribution < -0.4 is 0 Å². The van der Waals surface area contributed by atoms with Gasteiger partial charge >= 0.3 is 0 Å². The second-order valence-electron chi connectivity index (χ2n) is 5.93. The highest BCUT2D eigenvalue weighted by atomic mass is 16.6. The summed E-state index contributed by atoms with van der Waals surface area (Å²) < 4.78 is 10.9. The second kappa shape index (κ2) is 12.0. The fourth-order valence-corrected chi connectivity index (χ4v) is 2.72. The average molecular weight is 316 g/mol. The third kappa shape index (κ3) is 7.20. The van der Waals surface area contributed by atoms with E-state index in [0.717, 1.165) is 12.8 Å². The van der Waals surface area contributed by atoms with Gasteiger partial charge in [0, 0.05) is 6.61 Å². The first-order valence-corrected chi connectivity index (χ1v) is 8.52. The maximum atomic E-state index is 9.80. The molecular weight excluding hydrogens is 284 g/mol. The van der Waals surface area contributed by atoms with Crippen LogP contribution in [0.3, 0.4) is 0 Å². The van der Waals surface area contributed by atoms with Gasteiger partial charge in [-0.1, -0.05) is 37.8 Å². The SMILES string of the molecule is C/C=C/CCCCCCCCO[C@@H]1[C@H]([C@H](O)CO)OC[C@@H]1O. The van der Waals surface area contributed by atoms with Crippen molar-refractivity contribution in [1.29, 1.82) is 0 Å². The number of unbranched alkanes of at least 4 members (excludes halogenated alkanes) is 6. The van der Waals surface area contributed by atoms with E-state index in [1.807, 2.05) is 0 Å². The molecule has 1 fully saturated rings. The van der Waals surface area contributed by atoms with E-state index in [2.05, 4.69) is 19.1 Å². The zero-order chi connectivity index (χ0) is 16.2. The monoisotopic (exact) mass is 316 g/mol. The van der Waals surface area contributed by atoms with Crippen molar-refractivity contribution in [2.24, 2.45) is 0 Å². The van der Waals surface area contributed by atoms with Gasteiger partial charge in [0.05, 0.1) is 13.2 Å². The minimum Gasteiger partial charge on any atom is -0.394 e. The van der Waals surface area contributed by atoms with E-state index in [1.54, 1.807) is 0 Å². The standard InChI is InChI=1S/C17H32O5/c1-2-3-4-5-6-7-8-9-10-11-21-17-15(20)13-22-16(17)14(19)12-18/h2-3,14-20H,4-13H2,1H3/b3-2+/t14-,15+,16+,17+/m1/s1. The van der Waals surface area contributed by atoms with Crippen LogP contribution in [0.5, 0.6) is 0 Å². The Kier molecular flexibility index (Phi) is 10.7. The van der Waals surface area contributed by atoms with Crippen LogP contribution >= 0.6 is 0 Å². The number of allylic oxidation sites excluding steroid dienone is 2.